The zero-order valence-electron chi connectivity index (χ0n) is 15.5. The number of carbonyl (C=O) groups is 2. The number of aromatic nitrogens is 2. The van der Waals surface area contributed by atoms with Crippen LogP contribution in [0.15, 0.2) is 24.3 Å². The molecule has 0 saturated carbocycles. The Balaban J connectivity index is 1.67. The van der Waals surface area contributed by atoms with Crippen LogP contribution in [0.1, 0.15) is 52.6 Å². The molecule has 1 aliphatic heterocycles. The van der Waals surface area contributed by atoms with Crippen molar-refractivity contribution in [2.24, 2.45) is 0 Å². The predicted octanol–water partition coefficient (Wildman–Crippen LogP) is 2.38. The van der Waals surface area contributed by atoms with E-state index in [-0.39, 0.29) is 11.8 Å². The fourth-order valence-corrected chi connectivity index (χ4v) is 3.27. The van der Waals surface area contributed by atoms with E-state index in [4.69, 9.17) is 0 Å². The van der Waals surface area contributed by atoms with Gasteiger partial charge in [-0.05, 0) is 18.9 Å². The van der Waals surface area contributed by atoms with Gasteiger partial charge in [0.15, 0.2) is 5.69 Å². The number of fused-ring (bicyclic) bond motifs is 1. The van der Waals surface area contributed by atoms with E-state index in [1.54, 1.807) is 0 Å². The molecule has 0 fully saturated rings. The number of hydrogen-bond donors (Lipinski definition) is 2. The van der Waals surface area contributed by atoms with E-state index in [0.29, 0.717) is 38.2 Å². The number of rotatable bonds is 6. The molecule has 6 nitrogen and oxygen atoms in total. The highest BCUT2D eigenvalue weighted by molar-refractivity contribution is 5.94. The number of carbonyl (C=O) groups excluding carboxylic acids is 2. The molecule has 0 radical (unpaired) electrons. The van der Waals surface area contributed by atoms with Crippen LogP contribution in [-0.2, 0) is 24.2 Å². The molecule has 0 atom stereocenters. The zero-order chi connectivity index (χ0) is 18.5. The first kappa shape index (κ1) is 18.2. The lowest BCUT2D eigenvalue weighted by atomic mass is 10.0. The van der Waals surface area contributed by atoms with Gasteiger partial charge in [-0.25, -0.2) is 0 Å². The van der Waals surface area contributed by atoms with Crippen molar-refractivity contribution in [3.8, 4) is 0 Å². The highest BCUT2D eigenvalue weighted by atomic mass is 16.2. The predicted molar refractivity (Wildman–Crippen MR) is 99.8 cm³/mol. The van der Waals surface area contributed by atoms with Crippen LogP contribution in [0.4, 0.5) is 0 Å². The third kappa shape index (κ3) is 4.12. The highest BCUT2D eigenvalue weighted by Crippen LogP contribution is 2.21. The van der Waals surface area contributed by atoms with Crippen LogP contribution in [0.3, 0.4) is 0 Å². The summed E-state index contributed by atoms with van der Waals surface area (Å²) in [4.78, 5) is 26.9. The quantitative estimate of drug-likeness (QED) is 0.782. The second kappa shape index (κ2) is 8.17. The third-order valence-corrected chi connectivity index (χ3v) is 4.75. The Bertz CT molecular complexity index is 797. The molecular formula is C20H26N4O2. The van der Waals surface area contributed by atoms with Crippen molar-refractivity contribution in [2.75, 3.05) is 13.1 Å². The fourth-order valence-electron chi connectivity index (χ4n) is 3.27. The largest absolute Gasteiger partial charge is 0.351 e. The summed E-state index contributed by atoms with van der Waals surface area (Å²) in [5.74, 6) is -0.0799. The average Bonchev–Trinajstić information content (AvgIpc) is 3.05. The molecule has 0 bridgehead atoms. The van der Waals surface area contributed by atoms with E-state index in [0.717, 1.165) is 35.2 Å². The van der Waals surface area contributed by atoms with Crippen LogP contribution in [-0.4, -0.2) is 40.0 Å². The molecule has 138 valence electrons. The van der Waals surface area contributed by atoms with Gasteiger partial charge in [-0.2, -0.15) is 5.10 Å². The standard InChI is InChI=1S/C20H26N4O2/c1-3-4-9-21-20(26)19-16-13-24(10-8-17(16)22-23-19)18(25)12-15-7-5-6-14(2)11-15/h5-7,11H,3-4,8-10,12-13H2,1-2H3,(H,21,26)(H,22,23). The van der Waals surface area contributed by atoms with Crippen molar-refractivity contribution in [3.63, 3.8) is 0 Å². The third-order valence-electron chi connectivity index (χ3n) is 4.75. The smallest absolute Gasteiger partial charge is 0.272 e. The number of unbranched alkanes of at least 4 members (excludes halogenated alkanes) is 1. The Labute approximate surface area is 154 Å². The van der Waals surface area contributed by atoms with Gasteiger partial charge in [-0.15, -0.1) is 0 Å². The van der Waals surface area contributed by atoms with Crippen LogP contribution in [0.2, 0.25) is 0 Å². The minimum absolute atomic E-state index is 0.0831. The summed E-state index contributed by atoms with van der Waals surface area (Å²) < 4.78 is 0. The van der Waals surface area contributed by atoms with E-state index in [1.807, 2.05) is 36.1 Å². The Morgan fingerprint density at radius 1 is 1.35 bits per heavy atom. The van der Waals surface area contributed by atoms with E-state index < -0.39 is 0 Å². The normalized spacial score (nSPS) is 13.4. The monoisotopic (exact) mass is 354 g/mol. The highest BCUT2D eigenvalue weighted by Gasteiger charge is 2.27. The maximum absolute atomic E-state index is 12.7. The van der Waals surface area contributed by atoms with E-state index in [9.17, 15) is 9.59 Å². The lowest BCUT2D eigenvalue weighted by molar-refractivity contribution is -0.131. The summed E-state index contributed by atoms with van der Waals surface area (Å²) in [6.07, 6.45) is 3.05. The summed E-state index contributed by atoms with van der Waals surface area (Å²) in [5, 5.41) is 10.1. The molecule has 0 unspecified atom stereocenters. The second-order valence-electron chi connectivity index (χ2n) is 6.87. The molecule has 0 spiro atoms. The van der Waals surface area contributed by atoms with Gasteiger partial charge in [0, 0.05) is 37.3 Å². The first-order valence-corrected chi connectivity index (χ1v) is 9.26. The molecule has 2 N–H and O–H groups in total. The summed E-state index contributed by atoms with van der Waals surface area (Å²) in [5.41, 5.74) is 4.40. The van der Waals surface area contributed by atoms with Gasteiger partial charge in [0.1, 0.15) is 0 Å². The Hall–Kier alpha value is -2.63. The van der Waals surface area contributed by atoms with Gasteiger partial charge >= 0.3 is 0 Å². The summed E-state index contributed by atoms with van der Waals surface area (Å²) >= 11 is 0. The van der Waals surface area contributed by atoms with Crippen LogP contribution in [0.5, 0.6) is 0 Å². The number of hydrogen-bond acceptors (Lipinski definition) is 3. The van der Waals surface area contributed by atoms with Crippen molar-refractivity contribution >= 4 is 11.8 Å². The van der Waals surface area contributed by atoms with Gasteiger partial charge in [-0.3, -0.25) is 14.7 Å². The molecule has 2 heterocycles. The first-order valence-electron chi connectivity index (χ1n) is 9.26. The summed E-state index contributed by atoms with van der Waals surface area (Å²) in [7, 11) is 0. The molecule has 6 heteroatoms. The zero-order valence-corrected chi connectivity index (χ0v) is 15.5. The van der Waals surface area contributed by atoms with Crippen molar-refractivity contribution in [3.05, 3.63) is 52.3 Å². The van der Waals surface area contributed by atoms with Crippen molar-refractivity contribution in [1.29, 1.82) is 0 Å². The Morgan fingerprint density at radius 2 is 2.19 bits per heavy atom. The molecule has 1 aromatic heterocycles. The number of H-pyrrole nitrogens is 1. The average molecular weight is 354 g/mol. The van der Waals surface area contributed by atoms with Gasteiger partial charge in [0.25, 0.3) is 5.91 Å². The molecule has 2 amide bonds. The van der Waals surface area contributed by atoms with Crippen LogP contribution >= 0.6 is 0 Å². The molecule has 1 aliphatic rings. The summed E-state index contributed by atoms with van der Waals surface area (Å²) in [6.45, 7) is 5.84. The summed E-state index contributed by atoms with van der Waals surface area (Å²) in [6, 6.07) is 8.01. The number of nitrogens with one attached hydrogen (secondary N) is 2. The fraction of sp³-hybridized carbons (Fsp3) is 0.450. The van der Waals surface area contributed by atoms with Crippen molar-refractivity contribution < 1.29 is 9.59 Å². The minimum atomic E-state index is -0.163. The van der Waals surface area contributed by atoms with Crippen molar-refractivity contribution in [2.45, 2.75) is 46.1 Å². The van der Waals surface area contributed by atoms with Gasteiger partial charge in [0.2, 0.25) is 5.91 Å². The number of amides is 2. The molecule has 3 rings (SSSR count). The molecular weight excluding hydrogens is 328 g/mol. The number of aryl methyl sites for hydroxylation is 1. The maximum Gasteiger partial charge on any atom is 0.272 e. The molecule has 2 aromatic rings. The van der Waals surface area contributed by atoms with Crippen molar-refractivity contribution in [1.82, 2.24) is 20.4 Å². The van der Waals surface area contributed by atoms with Crippen LogP contribution < -0.4 is 5.32 Å². The van der Waals surface area contributed by atoms with E-state index in [1.165, 1.54) is 0 Å². The molecule has 26 heavy (non-hydrogen) atoms. The molecule has 1 aromatic carbocycles. The van der Waals surface area contributed by atoms with E-state index in [2.05, 4.69) is 22.4 Å². The van der Waals surface area contributed by atoms with Gasteiger partial charge < -0.3 is 10.2 Å². The van der Waals surface area contributed by atoms with E-state index >= 15 is 0 Å². The first-order chi connectivity index (χ1) is 12.6. The Morgan fingerprint density at radius 3 is 2.96 bits per heavy atom. The molecule has 0 aliphatic carbocycles. The van der Waals surface area contributed by atoms with Crippen LogP contribution in [0, 0.1) is 6.92 Å². The molecule has 0 saturated heterocycles. The lowest BCUT2D eigenvalue weighted by Crippen LogP contribution is -2.37. The number of aromatic amines is 1. The minimum Gasteiger partial charge on any atom is -0.351 e. The lowest BCUT2D eigenvalue weighted by Gasteiger charge is -2.27. The SMILES string of the molecule is CCCCNC(=O)c1n[nH]c2c1CN(C(=O)Cc1cccc(C)c1)CC2. The second-order valence-corrected chi connectivity index (χ2v) is 6.87. The topological polar surface area (TPSA) is 78.1 Å². The van der Waals surface area contributed by atoms with Gasteiger partial charge in [0.05, 0.1) is 6.42 Å². The van der Waals surface area contributed by atoms with Crippen LogP contribution in [0.25, 0.3) is 0 Å². The Kier molecular flexibility index (Phi) is 5.71. The van der Waals surface area contributed by atoms with Gasteiger partial charge in [-0.1, -0.05) is 43.2 Å². The maximum atomic E-state index is 12.7. The number of benzene rings is 1. The number of nitrogens with zero attached hydrogens (tertiary/aromatic N) is 2.